The highest BCUT2D eigenvalue weighted by Crippen LogP contribution is 2.28. The van der Waals surface area contributed by atoms with Crippen LogP contribution in [-0.4, -0.2) is 18.8 Å². The summed E-state index contributed by atoms with van der Waals surface area (Å²) in [6, 6.07) is 5.39. The number of nitrogens with zero attached hydrogens (tertiary/aromatic N) is 1. The Balaban J connectivity index is 2.90. The van der Waals surface area contributed by atoms with Crippen LogP contribution >= 0.6 is 0 Å². The highest BCUT2D eigenvalue weighted by Gasteiger charge is 2.09. The number of ether oxygens (including phenoxy) is 2. The summed E-state index contributed by atoms with van der Waals surface area (Å²) >= 11 is 0. The predicted octanol–water partition coefficient (Wildman–Crippen LogP) is 1.56. The van der Waals surface area contributed by atoms with Crippen LogP contribution in [0.5, 0.6) is 11.5 Å². The molecule has 0 aliphatic rings. The molecular formula is C12H13NO3. The van der Waals surface area contributed by atoms with Crippen molar-refractivity contribution in [2.24, 2.45) is 7.05 Å². The predicted molar refractivity (Wildman–Crippen MR) is 62.3 cm³/mol. The van der Waals surface area contributed by atoms with E-state index in [4.69, 9.17) is 9.47 Å². The van der Waals surface area contributed by atoms with Crippen LogP contribution in [0.1, 0.15) is 0 Å². The molecule has 16 heavy (non-hydrogen) atoms. The molecule has 0 aliphatic carbocycles. The number of aromatic nitrogens is 1. The van der Waals surface area contributed by atoms with Crippen molar-refractivity contribution in [3.8, 4) is 11.5 Å². The Morgan fingerprint density at radius 3 is 2.56 bits per heavy atom. The zero-order chi connectivity index (χ0) is 11.7. The van der Waals surface area contributed by atoms with Crippen molar-refractivity contribution in [1.82, 2.24) is 4.57 Å². The van der Waals surface area contributed by atoms with Gasteiger partial charge in [-0.25, -0.2) is 0 Å². The first-order chi connectivity index (χ1) is 7.67. The molecule has 84 valence electrons. The van der Waals surface area contributed by atoms with Crippen molar-refractivity contribution >= 4 is 10.8 Å². The lowest BCUT2D eigenvalue weighted by Gasteiger charge is -2.09. The summed E-state index contributed by atoms with van der Waals surface area (Å²) in [5.41, 5.74) is -0.0722. The highest BCUT2D eigenvalue weighted by molar-refractivity contribution is 5.88. The number of rotatable bonds is 2. The number of fused-ring (bicyclic) bond motifs is 1. The van der Waals surface area contributed by atoms with Crippen LogP contribution in [-0.2, 0) is 7.05 Å². The van der Waals surface area contributed by atoms with E-state index >= 15 is 0 Å². The van der Waals surface area contributed by atoms with Gasteiger partial charge in [-0.1, -0.05) is 0 Å². The molecule has 0 radical (unpaired) electrons. The van der Waals surface area contributed by atoms with Crippen molar-refractivity contribution in [3.05, 3.63) is 34.7 Å². The van der Waals surface area contributed by atoms with E-state index in [9.17, 15) is 4.79 Å². The van der Waals surface area contributed by atoms with Crippen LogP contribution in [0.25, 0.3) is 10.8 Å². The molecular weight excluding hydrogens is 206 g/mol. The zero-order valence-electron chi connectivity index (χ0n) is 9.48. The minimum atomic E-state index is -0.0722. The van der Waals surface area contributed by atoms with Crippen LogP contribution in [0.4, 0.5) is 0 Å². The maximum atomic E-state index is 11.9. The maximum absolute atomic E-state index is 11.9. The lowest BCUT2D eigenvalue weighted by molar-refractivity contribution is 0.397. The van der Waals surface area contributed by atoms with Crippen LogP contribution in [0, 0.1) is 0 Å². The molecule has 0 spiro atoms. The van der Waals surface area contributed by atoms with E-state index in [1.54, 1.807) is 33.5 Å². The van der Waals surface area contributed by atoms with Gasteiger partial charge >= 0.3 is 0 Å². The number of pyridine rings is 1. The molecule has 0 bridgehead atoms. The largest absolute Gasteiger partial charge is 0.497 e. The van der Waals surface area contributed by atoms with Crippen molar-refractivity contribution < 1.29 is 9.47 Å². The van der Waals surface area contributed by atoms with Crippen molar-refractivity contribution in [3.63, 3.8) is 0 Å². The Labute approximate surface area is 93.0 Å². The smallest absolute Gasteiger partial charge is 0.261 e. The second-order valence-corrected chi connectivity index (χ2v) is 3.53. The van der Waals surface area contributed by atoms with Crippen molar-refractivity contribution in [2.45, 2.75) is 0 Å². The molecule has 4 nitrogen and oxygen atoms in total. The fraction of sp³-hybridized carbons (Fsp3) is 0.250. The van der Waals surface area contributed by atoms with Gasteiger partial charge in [-0.3, -0.25) is 4.79 Å². The summed E-state index contributed by atoms with van der Waals surface area (Å²) in [6.45, 7) is 0. The van der Waals surface area contributed by atoms with Crippen LogP contribution < -0.4 is 15.0 Å². The number of hydrogen-bond acceptors (Lipinski definition) is 3. The fourth-order valence-corrected chi connectivity index (χ4v) is 1.69. The van der Waals surface area contributed by atoms with E-state index in [0.29, 0.717) is 16.9 Å². The Morgan fingerprint density at radius 1 is 1.19 bits per heavy atom. The molecule has 0 saturated heterocycles. The average Bonchev–Trinajstić information content (AvgIpc) is 2.32. The summed E-state index contributed by atoms with van der Waals surface area (Å²) in [5.74, 6) is 1.22. The number of hydrogen-bond donors (Lipinski definition) is 0. The number of methoxy groups -OCH3 is 2. The molecule has 0 N–H and O–H groups in total. The first-order valence-corrected chi connectivity index (χ1v) is 4.88. The van der Waals surface area contributed by atoms with Gasteiger partial charge in [0.15, 0.2) is 0 Å². The maximum Gasteiger partial charge on any atom is 0.261 e. The van der Waals surface area contributed by atoms with E-state index < -0.39 is 0 Å². The van der Waals surface area contributed by atoms with E-state index in [2.05, 4.69) is 0 Å². The third-order valence-electron chi connectivity index (χ3n) is 2.57. The molecule has 1 heterocycles. The van der Waals surface area contributed by atoms with Gasteiger partial charge in [0.1, 0.15) is 11.5 Å². The first kappa shape index (κ1) is 10.5. The highest BCUT2D eigenvalue weighted by atomic mass is 16.5. The van der Waals surface area contributed by atoms with Gasteiger partial charge in [0.25, 0.3) is 5.56 Å². The van der Waals surface area contributed by atoms with Crippen molar-refractivity contribution in [1.29, 1.82) is 0 Å². The molecule has 1 aromatic heterocycles. The standard InChI is InChI=1S/C12H13NO3/c1-13-5-4-8-6-9(15-2)7-10(16-3)11(8)12(13)14/h4-7H,1-3H3. The van der Waals surface area contributed by atoms with Gasteiger partial charge in [0, 0.05) is 19.3 Å². The summed E-state index contributed by atoms with van der Waals surface area (Å²) in [6.07, 6.45) is 1.73. The monoisotopic (exact) mass is 219 g/mol. The molecule has 4 heteroatoms. The summed E-state index contributed by atoms with van der Waals surface area (Å²) < 4.78 is 11.9. The van der Waals surface area contributed by atoms with Gasteiger partial charge < -0.3 is 14.0 Å². The Morgan fingerprint density at radius 2 is 1.94 bits per heavy atom. The average molecular weight is 219 g/mol. The minimum Gasteiger partial charge on any atom is -0.497 e. The molecule has 0 aliphatic heterocycles. The second kappa shape index (κ2) is 3.89. The summed E-state index contributed by atoms with van der Waals surface area (Å²) in [5, 5.41) is 1.40. The zero-order valence-corrected chi connectivity index (χ0v) is 9.48. The molecule has 2 aromatic rings. The van der Waals surface area contributed by atoms with Crippen molar-refractivity contribution in [2.75, 3.05) is 14.2 Å². The lowest BCUT2D eigenvalue weighted by Crippen LogP contribution is -2.16. The minimum absolute atomic E-state index is 0.0722. The van der Waals surface area contributed by atoms with E-state index in [0.717, 1.165) is 5.39 Å². The van der Waals surface area contributed by atoms with Gasteiger partial charge in [-0.05, 0) is 17.5 Å². The molecule has 0 saturated carbocycles. The van der Waals surface area contributed by atoms with Gasteiger partial charge in [0.2, 0.25) is 0 Å². The number of aryl methyl sites for hydroxylation is 1. The quantitative estimate of drug-likeness (QED) is 0.769. The van der Waals surface area contributed by atoms with Gasteiger partial charge in [-0.2, -0.15) is 0 Å². The van der Waals surface area contributed by atoms with Gasteiger partial charge in [0.05, 0.1) is 19.6 Å². The Kier molecular flexibility index (Phi) is 2.56. The fourth-order valence-electron chi connectivity index (χ4n) is 1.69. The number of benzene rings is 1. The molecule has 0 fully saturated rings. The van der Waals surface area contributed by atoms with E-state index in [-0.39, 0.29) is 5.56 Å². The third-order valence-corrected chi connectivity index (χ3v) is 2.57. The molecule has 1 aromatic carbocycles. The second-order valence-electron chi connectivity index (χ2n) is 3.53. The van der Waals surface area contributed by atoms with E-state index in [1.165, 1.54) is 4.57 Å². The lowest BCUT2D eigenvalue weighted by atomic mass is 10.1. The first-order valence-electron chi connectivity index (χ1n) is 4.88. The van der Waals surface area contributed by atoms with Crippen LogP contribution in [0.3, 0.4) is 0 Å². The Hall–Kier alpha value is -1.97. The van der Waals surface area contributed by atoms with Crippen LogP contribution in [0.15, 0.2) is 29.2 Å². The SMILES string of the molecule is COc1cc(OC)c2c(=O)n(C)ccc2c1. The summed E-state index contributed by atoms with van der Waals surface area (Å²) in [7, 11) is 4.84. The third kappa shape index (κ3) is 1.52. The molecule has 0 atom stereocenters. The normalized spacial score (nSPS) is 10.4. The molecule has 0 unspecified atom stereocenters. The summed E-state index contributed by atoms with van der Waals surface area (Å²) in [4.78, 5) is 11.9. The molecule has 0 amide bonds. The van der Waals surface area contributed by atoms with Gasteiger partial charge in [-0.15, -0.1) is 0 Å². The van der Waals surface area contributed by atoms with Crippen LogP contribution in [0.2, 0.25) is 0 Å². The Bertz CT molecular complexity index is 587. The van der Waals surface area contributed by atoms with E-state index in [1.807, 2.05) is 12.1 Å². The molecule has 2 rings (SSSR count). The topological polar surface area (TPSA) is 40.5 Å².